The number of benzene rings is 3. The van der Waals surface area contributed by atoms with Gasteiger partial charge in [-0.3, -0.25) is 4.90 Å². The Morgan fingerprint density at radius 2 is 0.821 bits per heavy atom. The summed E-state index contributed by atoms with van der Waals surface area (Å²) in [5, 5.41) is 14.3. The van der Waals surface area contributed by atoms with Crippen LogP contribution in [0.4, 0.5) is 14.4 Å². The van der Waals surface area contributed by atoms with Crippen LogP contribution in [0.1, 0.15) is 166 Å². The molecule has 3 saturated heterocycles. The third-order valence-electron chi connectivity index (χ3n) is 20.7. The molecule has 3 aromatic carbocycles. The van der Waals surface area contributed by atoms with Gasteiger partial charge in [0, 0.05) is 163 Å². The lowest BCUT2D eigenvalue weighted by Gasteiger charge is -2.47. The van der Waals surface area contributed by atoms with Crippen molar-refractivity contribution in [2.75, 3.05) is 79.5 Å². The summed E-state index contributed by atoms with van der Waals surface area (Å²) in [6.45, 7) is 36.1. The Labute approximate surface area is 501 Å². The number of carbonyl (C=O) groups is 3. The Kier molecular flexibility index (Phi) is 18.5. The summed E-state index contributed by atoms with van der Waals surface area (Å²) in [6, 6.07) is 16.4. The second kappa shape index (κ2) is 25.5. The minimum absolute atomic E-state index is 0.0697. The Morgan fingerprint density at radius 3 is 1.19 bits per heavy atom. The Morgan fingerprint density at radius 1 is 0.476 bits per heavy atom. The van der Waals surface area contributed by atoms with E-state index in [0.717, 1.165) is 117 Å². The van der Waals surface area contributed by atoms with Crippen molar-refractivity contribution in [2.24, 2.45) is 0 Å². The highest BCUT2D eigenvalue weighted by Gasteiger charge is 2.44. The molecule has 15 nitrogen and oxygen atoms in total. The summed E-state index contributed by atoms with van der Waals surface area (Å²) in [5.74, 6) is 1.41. The molecule has 456 valence electrons. The van der Waals surface area contributed by atoms with Gasteiger partial charge in [0.25, 0.3) is 0 Å². The van der Waals surface area contributed by atoms with Crippen LogP contribution in [0.15, 0.2) is 36.4 Å². The van der Waals surface area contributed by atoms with Gasteiger partial charge in [-0.25, -0.2) is 14.4 Å². The molecule has 84 heavy (non-hydrogen) atoms. The first-order valence-corrected chi connectivity index (χ1v) is 32.5. The average molecular weight is 1150 g/mol. The normalized spacial score (nSPS) is 24.2. The number of aromatic amines is 3. The Bertz CT molecular complexity index is 3340. The number of carbonyl (C=O) groups excluding carboxylic acids is 3. The number of aromatic nitrogens is 3. The van der Waals surface area contributed by atoms with Crippen molar-refractivity contribution in [3.63, 3.8) is 0 Å². The average Bonchev–Trinajstić information content (AvgIpc) is 2.39. The van der Waals surface area contributed by atoms with Crippen molar-refractivity contribution in [3.8, 4) is 0 Å². The number of rotatable bonds is 12. The largest absolute Gasteiger partial charge is 0.358 e. The van der Waals surface area contributed by atoms with E-state index in [1.807, 2.05) is 56.2 Å². The molecule has 0 spiro atoms. The molecule has 3 aromatic heterocycles. The second-order valence-corrected chi connectivity index (χ2v) is 25.9. The number of hydrogen-bond acceptors (Lipinski definition) is 6. The van der Waals surface area contributed by atoms with Crippen LogP contribution in [0, 0.1) is 34.6 Å². The maximum absolute atomic E-state index is 12.7. The first-order valence-electron chi connectivity index (χ1n) is 32.5. The summed E-state index contributed by atoms with van der Waals surface area (Å²) in [6.07, 6.45) is 8.57. The fourth-order valence-corrected chi connectivity index (χ4v) is 16.5. The molecule has 6 heterocycles. The van der Waals surface area contributed by atoms with Crippen LogP contribution in [0.5, 0.6) is 0 Å². The molecule has 0 saturated carbocycles. The molecular weight excluding hydrogens is 1040 g/mol. The van der Waals surface area contributed by atoms with Crippen LogP contribution >= 0.6 is 0 Å². The maximum atomic E-state index is 12.7. The Balaban J connectivity index is 0.000000140. The fourth-order valence-electron chi connectivity index (χ4n) is 16.5. The van der Waals surface area contributed by atoms with E-state index in [1.54, 1.807) is 0 Å². The molecule has 3 aliphatic carbocycles. The number of fused-ring (bicyclic) bond motifs is 6. The molecule has 9 atom stereocenters. The highest BCUT2D eigenvalue weighted by Crippen LogP contribution is 2.48. The van der Waals surface area contributed by atoms with Crippen LogP contribution < -0.4 is 16.0 Å². The molecule has 6 amide bonds. The number of likely N-dealkylation sites (tertiary alicyclic amines) is 3. The number of aryl methyl sites for hydroxylation is 6. The smallest absolute Gasteiger partial charge is 0.317 e. The molecule has 6 aromatic rings. The lowest BCUT2D eigenvalue weighted by molar-refractivity contribution is 0.0978. The molecule has 3 aliphatic heterocycles. The quantitative estimate of drug-likeness (QED) is 0.0717. The molecule has 0 unspecified atom stereocenters. The van der Waals surface area contributed by atoms with E-state index >= 15 is 0 Å². The number of likely N-dealkylation sites (N-methyl/N-ethyl adjacent to an activating group) is 2. The number of H-pyrrole nitrogens is 3. The number of nitrogens with one attached hydrogen (secondary N) is 6. The van der Waals surface area contributed by atoms with Crippen LogP contribution in [0.25, 0.3) is 32.7 Å². The third-order valence-corrected chi connectivity index (χ3v) is 20.7. The predicted molar refractivity (Wildman–Crippen MR) is 345 cm³/mol. The van der Waals surface area contributed by atoms with E-state index < -0.39 is 0 Å². The van der Waals surface area contributed by atoms with Crippen molar-refractivity contribution in [1.82, 2.24) is 60.3 Å². The summed E-state index contributed by atoms with van der Waals surface area (Å²) in [7, 11) is 4.44. The summed E-state index contributed by atoms with van der Waals surface area (Å²) in [4.78, 5) is 62.0. The summed E-state index contributed by atoms with van der Waals surface area (Å²) < 4.78 is 0. The fraction of sp³-hybridized carbons (Fsp3) is 0.609. The third kappa shape index (κ3) is 11.7. The van der Waals surface area contributed by atoms with Gasteiger partial charge in [-0.1, -0.05) is 32.0 Å². The van der Waals surface area contributed by atoms with Crippen molar-refractivity contribution >= 4 is 50.8 Å². The zero-order valence-corrected chi connectivity index (χ0v) is 53.8. The molecule has 0 radical (unpaired) electrons. The van der Waals surface area contributed by atoms with E-state index in [0.29, 0.717) is 35.9 Å². The zero-order valence-electron chi connectivity index (χ0n) is 53.8. The minimum Gasteiger partial charge on any atom is -0.358 e. The summed E-state index contributed by atoms with van der Waals surface area (Å²) in [5.41, 5.74) is 20.7. The number of hydrogen-bond donors (Lipinski definition) is 6. The Hall–Kier alpha value is -6.03. The van der Waals surface area contributed by atoms with Gasteiger partial charge in [-0.05, 0) is 216 Å². The predicted octanol–water partition coefficient (Wildman–Crippen LogP) is 11.7. The SMILES string of the molecule is CCCN1C[C@@H](NC(=O)N(CC)CC)C[C@@H]2c3cc(C)cc4[nH]c(C)c(c34)C[C@H]21.CCN(CC)C(=O)N[C@H]1C[C@@H]2c3cc(C)cc4[nH]c(C)c(c34)C[C@H]2N(C)C1.CCc1cc2c3c(c(C)[nH]c3c1)C[C@@H]1[C@@H]2C[C@H](NC(=O)N(CC)CC)CN1C. The van der Waals surface area contributed by atoms with Crippen LogP contribution in [0.3, 0.4) is 0 Å². The standard InChI is InChI=1S/C24H36N4O.C23H34N4O.C22H32N4O/c1-6-9-28-14-17(26-24(29)27(7-2)8-3)12-19-20-10-15(4)11-21-23(20)18(13-22(19)28)16(5)25-21;1-6-15-9-19-18-11-16(25-23(28)27(7-2)8-3)13-26(5)21(18)12-17-14(4)24-20(10-15)22(17)19;1-6-26(7-2)22(27)24-15-10-17-18-8-13(3)9-19-21(18)16(14(4)23-19)11-20(17)25(5)12-15/h10-11,17,19,22,25H,6-9,12-14H2,1-5H3,(H,26,29);9-10,16,18,21,24H,6-8,11-13H2,1-5H3,(H,25,28);8-9,15,17,20,23H,6-7,10-12H2,1-5H3,(H,24,27)/t17-,19+,22+;16-,18+,21+;15-,17+,20+/m000/s1. The van der Waals surface area contributed by atoms with E-state index in [1.165, 1.54) is 99.9 Å². The van der Waals surface area contributed by atoms with Crippen molar-refractivity contribution in [2.45, 2.75) is 195 Å². The zero-order chi connectivity index (χ0) is 60.0. The van der Waals surface area contributed by atoms with Gasteiger partial charge in [0.05, 0.1) is 0 Å². The molecule has 6 N–H and O–H groups in total. The van der Waals surface area contributed by atoms with E-state index in [-0.39, 0.29) is 36.2 Å². The number of amides is 6. The van der Waals surface area contributed by atoms with Crippen molar-refractivity contribution in [1.29, 1.82) is 0 Å². The van der Waals surface area contributed by atoms with Gasteiger partial charge < -0.3 is 55.4 Å². The van der Waals surface area contributed by atoms with Gasteiger partial charge in [-0.2, -0.15) is 0 Å². The number of piperidine rings is 3. The number of nitrogens with zero attached hydrogens (tertiary/aromatic N) is 6. The molecule has 3 fully saturated rings. The van der Waals surface area contributed by atoms with Gasteiger partial charge in [0.15, 0.2) is 0 Å². The molecule has 12 rings (SSSR count). The van der Waals surface area contributed by atoms with Gasteiger partial charge in [0.1, 0.15) is 0 Å². The van der Waals surface area contributed by atoms with E-state index in [9.17, 15) is 14.4 Å². The lowest BCUT2D eigenvalue weighted by Crippen LogP contribution is -2.58. The minimum atomic E-state index is 0.0697. The van der Waals surface area contributed by atoms with Crippen molar-refractivity contribution < 1.29 is 14.4 Å². The highest BCUT2D eigenvalue weighted by atomic mass is 16.2. The monoisotopic (exact) mass is 1150 g/mol. The maximum Gasteiger partial charge on any atom is 0.317 e. The molecule has 0 bridgehead atoms. The first-order chi connectivity index (χ1) is 40.3. The van der Waals surface area contributed by atoms with E-state index in [2.05, 4.69) is 145 Å². The van der Waals surface area contributed by atoms with Gasteiger partial charge >= 0.3 is 18.1 Å². The van der Waals surface area contributed by atoms with Crippen LogP contribution in [-0.4, -0.2) is 178 Å². The molecular formula is C69H102N12O3. The first kappa shape index (κ1) is 61.1. The molecule has 15 heteroatoms. The molecule has 6 aliphatic rings. The van der Waals surface area contributed by atoms with Gasteiger partial charge in [-0.15, -0.1) is 0 Å². The second-order valence-electron chi connectivity index (χ2n) is 25.9. The van der Waals surface area contributed by atoms with Crippen LogP contribution in [0.2, 0.25) is 0 Å². The van der Waals surface area contributed by atoms with Crippen LogP contribution in [-0.2, 0) is 25.7 Å². The van der Waals surface area contributed by atoms with Gasteiger partial charge in [0.2, 0.25) is 0 Å². The summed E-state index contributed by atoms with van der Waals surface area (Å²) >= 11 is 0. The number of urea groups is 3. The van der Waals surface area contributed by atoms with E-state index in [4.69, 9.17) is 0 Å². The highest BCUT2D eigenvalue weighted by molar-refractivity contribution is 5.92. The van der Waals surface area contributed by atoms with Crippen molar-refractivity contribution in [3.05, 3.63) is 104 Å². The topological polar surface area (TPSA) is 154 Å². The lowest BCUT2D eigenvalue weighted by atomic mass is 9.73.